The molecule has 0 N–H and O–H groups in total. The molecular formula is C90H159NO8. The van der Waals surface area contributed by atoms with Crippen LogP contribution in [0.1, 0.15) is 386 Å². The van der Waals surface area contributed by atoms with Crippen molar-refractivity contribution < 1.29 is 42.9 Å². The molecule has 0 aliphatic carbocycles. The van der Waals surface area contributed by atoms with Crippen LogP contribution in [0.2, 0.25) is 0 Å². The van der Waals surface area contributed by atoms with Crippen molar-refractivity contribution in [3.05, 3.63) is 109 Å². The second kappa shape index (κ2) is 79.6. The molecule has 0 spiro atoms. The normalized spacial score (nSPS) is 13.2. The molecular weight excluding hydrogens is 1220 g/mol. The molecule has 0 heterocycles. The largest absolute Gasteiger partial charge is 0.545 e. The van der Waals surface area contributed by atoms with Crippen LogP contribution in [0.25, 0.3) is 0 Å². The molecule has 0 saturated carbocycles. The number of aliphatic carboxylic acids is 1. The Labute approximate surface area is 613 Å². The standard InChI is InChI=1S/C90H159NO8/c1-6-8-10-12-14-16-18-20-22-24-26-28-30-32-34-36-38-40-42-43-44-45-47-49-51-53-55-57-59-61-63-65-67-69-71-73-75-77-79-81-88(93)99-86(85-98-90(89(94)95)96-83-82-91(3,4)5)84-97-87(92)80-78-76-74-72-70-68-66-64-62-60-58-56-54-52-50-48-46-41-39-37-35-33-31-29-27-25-23-21-19-17-15-13-11-9-7-2/h8,10,14,16,20,22,25-28,32,34,38,40,43-44,47,49,86,90H,6-7,9,11-13,15,17-19,21,23-24,29-31,33,35-37,39,41-42,45-46,48,50-85H2,1-5H3/b10-8-,16-14-,22-20-,27-25-,28-26-,34-32-,40-38-,44-43-,49-47-. The van der Waals surface area contributed by atoms with Crippen LogP contribution in [0, 0.1) is 0 Å². The van der Waals surface area contributed by atoms with Crippen molar-refractivity contribution in [3.8, 4) is 0 Å². The van der Waals surface area contributed by atoms with E-state index in [1.165, 1.54) is 263 Å². The number of carboxylic acid groups (broad SMARTS) is 1. The molecule has 0 aliphatic rings. The Kier molecular flexibility index (Phi) is 76.4. The summed E-state index contributed by atoms with van der Waals surface area (Å²) < 4.78 is 22.9. The van der Waals surface area contributed by atoms with Crippen LogP contribution in [-0.2, 0) is 33.3 Å². The summed E-state index contributed by atoms with van der Waals surface area (Å²) in [6, 6.07) is 0. The summed E-state index contributed by atoms with van der Waals surface area (Å²) >= 11 is 0. The van der Waals surface area contributed by atoms with E-state index in [1.54, 1.807) is 0 Å². The minimum absolute atomic E-state index is 0.146. The van der Waals surface area contributed by atoms with E-state index < -0.39 is 24.3 Å². The van der Waals surface area contributed by atoms with Gasteiger partial charge in [0.05, 0.1) is 40.3 Å². The van der Waals surface area contributed by atoms with Gasteiger partial charge in [0.2, 0.25) is 0 Å². The molecule has 0 fully saturated rings. The zero-order chi connectivity index (χ0) is 71.8. The number of carbonyl (C=O) groups is 3. The van der Waals surface area contributed by atoms with E-state index in [2.05, 4.69) is 123 Å². The van der Waals surface area contributed by atoms with Crippen LogP contribution in [0.4, 0.5) is 0 Å². The lowest BCUT2D eigenvalue weighted by atomic mass is 10.0. The number of esters is 2. The average molecular weight is 1380 g/mol. The summed E-state index contributed by atoms with van der Waals surface area (Å²) in [5.74, 6) is -2.26. The van der Waals surface area contributed by atoms with E-state index in [4.69, 9.17) is 18.9 Å². The molecule has 0 aromatic carbocycles. The zero-order valence-corrected chi connectivity index (χ0v) is 65.6. The second-order valence-corrected chi connectivity index (χ2v) is 29.4. The number of hydrogen-bond donors (Lipinski definition) is 0. The molecule has 2 unspecified atom stereocenters. The third-order valence-electron chi connectivity index (χ3n) is 18.5. The Morgan fingerprint density at radius 2 is 0.576 bits per heavy atom. The van der Waals surface area contributed by atoms with Crippen molar-refractivity contribution in [1.82, 2.24) is 0 Å². The molecule has 99 heavy (non-hydrogen) atoms. The molecule has 2 atom stereocenters. The highest BCUT2D eigenvalue weighted by molar-refractivity contribution is 5.70. The van der Waals surface area contributed by atoms with Crippen LogP contribution in [0.5, 0.6) is 0 Å². The minimum Gasteiger partial charge on any atom is -0.545 e. The Bertz CT molecular complexity index is 2000. The van der Waals surface area contributed by atoms with Crippen LogP contribution in [0.15, 0.2) is 109 Å². The van der Waals surface area contributed by atoms with E-state index in [9.17, 15) is 19.5 Å². The fraction of sp³-hybridized carbons (Fsp3) is 0.767. The predicted molar refractivity (Wildman–Crippen MR) is 426 cm³/mol. The van der Waals surface area contributed by atoms with Crippen molar-refractivity contribution in [3.63, 3.8) is 0 Å². The van der Waals surface area contributed by atoms with Crippen molar-refractivity contribution in [2.24, 2.45) is 0 Å². The fourth-order valence-electron chi connectivity index (χ4n) is 12.1. The van der Waals surface area contributed by atoms with Gasteiger partial charge in [-0.15, -0.1) is 0 Å². The lowest BCUT2D eigenvalue weighted by molar-refractivity contribution is -0.870. The van der Waals surface area contributed by atoms with Gasteiger partial charge in [0.15, 0.2) is 12.4 Å². The van der Waals surface area contributed by atoms with Crippen LogP contribution >= 0.6 is 0 Å². The smallest absolute Gasteiger partial charge is 0.306 e. The number of likely N-dealkylation sites (N-methyl/N-ethyl adjacent to an activating group) is 1. The molecule has 0 bridgehead atoms. The summed E-state index contributed by atoms with van der Waals surface area (Å²) in [7, 11) is 5.94. The topological polar surface area (TPSA) is 111 Å². The number of hydrogen-bond acceptors (Lipinski definition) is 8. The molecule has 0 rings (SSSR count). The molecule has 0 amide bonds. The number of ether oxygens (including phenoxy) is 4. The summed E-state index contributed by atoms with van der Waals surface area (Å²) in [5, 5.41) is 11.9. The van der Waals surface area contributed by atoms with Gasteiger partial charge >= 0.3 is 11.9 Å². The van der Waals surface area contributed by atoms with Crippen LogP contribution in [-0.4, -0.2) is 82.3 Å². The monoisotopic (exact) mass is 1380 g/mol. The third-order valence-corrected chi connectivity index (χ3v) is 18.5. The van der Waals surface area contributed by atoms with E-state index >= 15 is 0 Å². The van der Waals surface area contributed by atoms with Gasteiger partial charge in [-0.1, -0.05) is 380 Å². The van der Waals surface area contributed by atoms with E-state index in [-0.39, 0.29) is 32.2 Å². The maximum atomic E-state index is 13.0. The van der Waals surface area contributed by atoms with Gasteiger partial charge in [-0.3, -0.25) is 9.59 Å². The van der Waals surface area contributed by atoms with Crippen molar-refractivity contribution in [2.45, 2.75) is 399 Å². The first kappa shape index (κ1) is 94.9. The SMILES string of the molecule is CC/C=C\C/C=C\C/C=C\C/C=C\C/C=C\C/C=C\C/C=C\C/C=C\CCCCCCCCCCCCCCCCC(=O)OC(COC(=O)CCCCCCCCCCCCCCCCCCCCCCCCC/C=C\CCCCCCCCCC)COC(OCC[N+](C)(C)C)C(=O)[O-]. The zero-order valence-electron chi connectivity index (χ0n) is 65.6. The predicted octanol–water partition coefficient (Wildman–Crippen LogP) is 25.9. The molecule has 0 aromatic rings. The average Bonchev–Trinajstić information content (AvgIpc) is 1.14. The first-order chi connectivity index (χ1) is 48.6. The summed E-state index contributed by atoms with van der Waals surface area (Å²) in [4.78, 5) is 37.7. The lowest BCUT2D eigenvalue weighted by Crippen LogP contribution is -2.44. The number of carbonyl (C=O) groups excluding carboxylic acids is 3. The van der Waals surface area contributed by atoms with E-state index in [0.717, 1.165) is 89.9 Å². The minimum atomic E-state index is -1.63. The van der Waals surface area contributed by atoms with Gasteiger partial charge in [0.1, 0.15) is 13.2 Å². The van der Waals surface area contributed by atoms with Gasteiger partial charge in [-0.25, -0.2) is 0 Å². The van der Waals surface area contributed by atoms with Gasteiger partial charge in [-0.05, 0) is 103 Å². The number of allylic oxidation sites excluding steroid dienone is 18. The van der Waals surface area contributed by atoms with Crippen molar-refractivity contribution >= 4 is 17.9 Å². The highest BCUT2D eigenvalue weighted by atomic mass is 16.7. The molecule has 9 heteroatoms. The Morgan fingerprint density at radius 1 is 0.313 bits per heavy atom. The summed E-state index contributed by atoms with van der Waals surface area (Å²) in [6.07, 6.45) is 109. The highest BCUT2D eigenvalue weighted by Crippen LogP contribution is 2.19. The second-order valence-electron chi connectivity index (χ2n) is 29.4. The molecule has 0 aliphatic heterocycles. The molecule has 9 nitrogen and oxygen atoms in total. The van der Waals surface area contributed by atoms with Crippen LogP contribution < -0.4 is 5.11 Å². The van der Waals surface area contributed by atoms with Gasteiger partial charge in [-0.2, -0.15) is 0 Å². The van der Waals surface area contributed by atoms with Crippen molar-refractivity contribution in [1.29, 1.82) is 0 Å². The van der Waals surface area contributed by atoms with E-state index in [1.807, 2.05) is 21.1 Å². The summed E-state index contributed by atoms with van der Waals surface area (Å²) in [5.41, 5.74) is 0. The summed E-state index contributed by atoms with van der Waals surface area (Å²) in [6.45, 7) is 4.68. The van der Waals surface area contributed by atoms with Crippen molar-refractivity contribution in [2.75, 3.05) is 47.5 Å². The maximum absolute atomic E-state index is 13.0. The highest BCUT2D eigenvalue weighted by Gasteiger charge is 2.22. The quantitative estimate of drug-likeness (QED) is 0.0195. The molecule has 572 valence electrons. The number of carboxylic acids is 1. The van der Waals surface area contributed by atoms with Gasteiger partial charge in [0, 0.05) is 12.8 Å². The van der Waals surface area contributed by atoms with E-state index in [0.29, 0.717) is 23.9 Å². The molecule has 0 saturated heterocycles. The number of nitrogens with zero attached hydrogens (tertiary/aromatic N) is 1. The number of unbranched alkanes of at least 4 members (excludes halogenated alkanes) is 45. The third kappa shape index (κ3) is 81.1. The Morgan fingerprint density at radius 3 is 0.869 bits per heavy atom. The van der Waals surface area contributed by atoms with Crippen LogP contribution in [0.3, 0.4) is 0 Å². The lowest BCUT2D eigenvalue weighted by Gasteiger charge is -2.26. The maximum Gasteiger partial charge on any atom is 0.306 e. The molecule has 0 aromatic heterocycles. The first-order valence-corrected chi connectivity index (χ1v) is 42.0. The number of rotatable bonds is 78. The van der Waals surface area contributed by atoms with Gasteiger partial charge < -0.3 is 33.3 Å². The number of quaternary nitrogens is 1. The first-order valence-electron chi connectivity index (χ1n) is 42.0. The molecule has 0 radical (unpaired) electrons. The Hall–Kier alpha value is -4.05. The Balaban J connectivity index is 4.00. The van der Waals surface area contributed by atoms with Gasteiger partial charge in [0.25, 0.3) is 0 Å². The fourth-order valence-corrected chi connectivity index (χ4v) is 12.1.